The lowest BCUT2D eigenvalue weighted by molar-refractivity contribution is 0.789. The molecule has 3 N–H and O–H groups in total. The van der Waals surface area contributed by atoms with E-state index in [9.17, 15) is 0 Å². The van der Waals surface area contributed by atoms with Gasteiger partial charge in [-0.25, -0.2) is 14.6 Å². The molecule has 0 aliphatic heterocycles. The fraction of sp³-hybridized carbons (Fsp3) is 0.0769. The summed E-state index contributed by atoms with van der Waals surface area (Å²) in [6.07, 6.45) is 3.23. The Morgan fingerprint density at radius 2 is 2.15 bits per heavy atom. The summed E-state index contributed by atoms with van der Waals surface area (Å²) >= 11 is 0. The number of rotatable bonds is 1. The Kier molecular flexibility index (Phi) is 2.06. The maximum Gasteiger partial charge on any atom is 0.163 e. The van der Waals surface area contributed by atoms with E-state index in [0.29, 0.717) is 5.82 Å². The van der Waals surface area contributed by atoms with Crippen molar-refractivity contribution in [2.45, 2.75) is 0 Å². The average Bonchev–Trinajstić information content (AvgIpc) is 3.04. The number of nitrogen functional groups attached to an aromatic ring is 1. The van der Waals surface area contributed by atoms with Crippen molar-refractivity contribution in [2.24, 2.45) is 7.05 Å². The van der Waals surface area contributed by atoms with Crippen LogP contribution in [0, 0.1) is 0 Å². The second-order valence-electron chi connectivity index (χ2n) is 4.60. The van der Waals surface area contributed by atoms with Gasteiger partial charge in [0.15, 0.2) is 5.65 Å². The number of fused-ring (bicyclic) bond motifs is 2. The van der Waals surface area contributed by atoms with E-state index >= 15 is 0 Å². The summed E-state index contributed by atoms with van der Waals surface area (Å²) < 4.78 is 1.71. The zero-order chi connectivity index (χ0) is 13.7. The van der Waals surface area contributed by atoms with Crippen molar-refractivity contribution < 1.29 is 0 Å². The van der Waals surface area contributed by atoms with Crippen molar-refractivity contribution in [1.29, 1.82) is 0 Å². The Hall–Kier alpha value is -2.96. The third-order valence-electron chi connectivity index (χ3n) is 3.37. The van der Waals surface area contributed by atoms with Crippen molar-refractivity contribution >= 4 is 27.8 Å². The maximum atomic E-state index is 5.98. The zero-order valence-electron chi connectivity index (χ0n) is 10.7. The van der Waals surface area contributed by atoms with Gasteiger partial charge in [-0.1, -0.05) is 12.1 Å². The molecular weight excluding hydrogens is 254 g/mol. The Morgan fingerprint density at radius 1 is 1.25 bits per heavy atom. The molecule has 20 heavy (non-hydrogen) atoms. The molecule has 0 bridgehead atoms. The standard InChI is InChI=1S/C13H11N7/c1-20-13-10(12(14)15-6-16-13)11(19-20)7-2-3-8-5-17-18-9(8)4-7/h2-6H,1H3,(H,17,18)(H2,14,15,16). The zero-order valence-corrected chi connectivity index (χ0v) is 10.7. The van der Waals surface area contributed by atoms with Crippen LogP contribution >= 0.6 is 0 Å². The molecule has 3 heterocycles. The Bertz CT molecular complexity index is 934. The van der Waals surface area contributed by atoms with Gasteiger partial charge in [0.2, 0.25) is 0 Å². The number of nitrogens with one attached hydrogen (secondary N) is 1. The molecule has 0 atom stereocenters. The van der Waals surface area contributed by atoms with E-state index in [2.05, 4.69) is 25.3 Å². The molecule has 0 amide bonds. The summed E-state index contributed by atoms with van der Waals surface area (Å²) in [6.45, 7) is 0. The van der Waals surface area contributed by atoms with Crippen molar-refractivity contribution in [2.75, 3.05) is 5.73 Å². The summed E-state index contributed by atoms with van der Waals surface area (Å²) in [5.74, 6) is 0.433. The number of nitrogens with zero attached hydrogens (tertiary/aromatic N) is 5. The normalized spacial score (nSPS) is 11.4. The van der Waals surface area contributed by atoms with Crippen LogP contribution in [0.3, 0.4) is 0 Å². The highest BCUT2D eigenvalue weighted by atomic mass is 15.3. The number of hydrogen-bond donors (Lipinski definition) is 2. The fourth-order valence-corrected chi connectivity index (χ4v) is 2.40. The molecule has 1 aromatic carbocycles. The monoisotopic (exact) mass is 265 g/mol. The number of H-pyrrole nitrogens is 1. The van der Waals surface area contributed by atoms with Gasteiger partial charge in [0.1, 0.15) is 17.8 Å². The van der Waals surface area contributed by atoms with Gasteiger partial charge in [0.05, 0.1) is 17.1 Å². The number of benzene rings is 1. The van der Waals surface area contributed by atoms with Crippen LogP contribution in [0.4, 0.5) is 5.82 Å². The number of anilines is 1. The highest BCUT2D eigenvalue weighted by Crippen LogP contribution is 2.30. The molecule has 0 spiro atoms. The van der Waals surface area contributed by atoms with Crippen LogP contribution in [0.1, 0.15) is 0 Å². The third kappa shape index (κ3) is 1.40. The summed E-state index contributed by atoms with van der Waals surface area (Å²) in [6, 6.07) is 5.98. The largest absolute Gasteiger partial charge is 0.383 e. The molecule has 0 saturated heterocycles. The molecule has 3 aromatic heterocycles. The first-order chi connectivity index (χ1) is 9.74. The van der Waals surface area contributed by atoms with E-state index in [1.54, 1.807) is 10.9 Å². The van der Waals surface area contributed by atoms with Crippen LogP contribution in [-0.4, -0.2) is 29.9 Å². The molecule has 0 radical (unpaired) electrons. The minimum atomic E-state index is 0.433. The SMILES string of the molecule is Cn1nc(-c2ccc3cn[nH]c3c2)c2c(N)ncnc21. The van der Waals surface area contributed by atoms with E-state index in [1.807, 2.05) is 25.2 Å². The maximum absolute atomic E-state index is 5.98. The van der Waals surface area contributed by atoms with E-state index in [-0.39, 0.29) is 0 Å². The van der Waals surface area contributed by atoms with E-state index in [4.69, 9.17) is 5.73 Å². The smallest absolute Gasteiger partial charge is 0.163 e. The van der Waals surface area contributed by atoms with Crippen molar-refractivity contribution in [1.82, 2.24) is 29.9 Å². The summed E-state index contributed by atoms with van der Waals surface area (Å²) in [7, 11) is 1.84. The molecule has 0 saturated carbocycles. The predicted molar refractivity (Wildman–Crippen MR) is 75.8 cm³/mol. The lowest BCUT2D eigenvalue weighted by Crippen LogP contribution is -1.95. The highest BCUT2D eigenvalue weighted by Gasteiger charge is 2.15. The first-order valence-corrected chi connectivity index (χ1v) is 6.11. The summed E-state index contributed by atoms with van der Waals surface area (Å²) in [5.41, 5.74) is 9.38. The molecule has 4 aromatic rings. The second kappa shape index (κ2) is 3.77. The predicted octanol–water partition coefficient (Wildman–Crippen LogP) is 1.49. The number of aromatic amines is 1. The van der Waals surface area contributed by atoms with E-state index in [1.165, 1.54) is 6.33 Å². The van der Waals surface area contributed by atoms with Crippen LogP contribution in [0.5, 0.6) is 0 Å². The number of aryl methyl sites for hydroxylation is 1. The second-order valence-corrected chi connectivity index (χ2v) is 4.60. The minimum Gasteiger partial charge on any atom is -0.383 e. The van der Waals surface area contributed by atoms with Gasteiger partial charge in [-0.2, -0.15) is 10.2 Å². The molecular formula is C13H11N7. The van der Waals surface area contributed by atoms with Gasteiger partial charge in [-0.15, -0.1) is 0 Å². The Morgan fingerprint density at radius 3 is 3.05 bits per heavy atom. The quantitative estimate of drug-likeness (QED) is 0.543. The number of aromatic nitrogens is 6. The van der Waals surface area contributed by atoms with Crippen molar-refractivity contribution in [3.63, 3.8) is 0 Å². The first-order valence-electron chi connectivity index (χ1n) is 6.11. The molecule has 0 fully saturated rings. The number of nitrogens with two attached hydrogens (primary N) is 1. The Labute approximate surface area is 113 Å². The minimum absolute atomic E-state index is 0.433. The highest BCUT2D eigenvalue weighted by molar-refractivity contribution is 5.99. The van der Waals surface area contributed by atoms with Gasteiger partial charge in [-0.3, -0.25) is 5.10 Å². The lowest BCUT2D eigenvalue weighted by atomic mass is 10.1. The van der Waals surface area contributed by atoms with Crippen molar-refractivity contribution in [3.05, 3.63) is 30.7 Å². The van der Waals surface area contributed by atoms with Crippen molar-refractivity contribution in [3.8, 4) is 11.3 Å². The average molecular weight is 265 g/mol. The van der Waals surface area contributed by atoms with Gasteiger partial charge >= 0.3 is 0 Å². The Balaban J connectivity index is 2.06. The van der Waals surface area contributed by atoms with Gasteiger partial charge < -0.3 is 5.73 Å². The summed E-state index contributed by atoms with van der Waals surface area (Å²) in [4.78, 5) is 8.28. The third-order valence-corrected chi connectivity index (χ3v) is 3.37. The molecule has 98 valence electrons. The molecule has 0 aliphatic rings. The van der Waals surface area contributed by atoms with E-state index in [0.717, 1.165) is 33.2 Å². The molecule has 0 aliphatic carbocycles. The topological polar surface area (TPSA) is 98.3 Å². The van der Waals surface area contributed by atoms with Crippen LogP contribution in [-0.2, 0) is 7.05 Å². The van der Waals surface area contributed by atoms with Crippen LogP contribution in [0.15, 0.2) is 30.7 Å². The van der Waals surface area contributed by atoms with Gasteiger partial charge in [-0.05, 0) is 6.07 Å². The lowest BCUT2D eigenvalue weighted by Gasteiger charge is -1.99. The van der Waals surface area contributed by atoms with Crippen LogP contribution < -0.4 is 5.73 Å². The van der Waals surface area contributed by atoms with E-state index < -0.39 is 0 Å². The van der Waals surface area contributed by atoms with Crippen LogP contribution in [0.2, 0.25) is 0 Å². The van der Waals surface area contributed by atoms with Gasteiger partial charge in [0.25, 0.3) is 0 Å². The fourth-order valence-electron chi connectivity index (χ4n) is 2.40. The molecule has 4 rings (SSSR count). The van der Waals surface area contributed by atoms with Gasteiger partial charge in [0, 0.05) is 18.0 Å². The molecule has 7 nitrogen and oxygen atoms in total. The number of hydrogen-bond acceptors (Lipinski definition) is 5. The van der Waals surface area contributed by atoms with Crippen LogP contribution in [0.25, 0.3) is 33.2 Å². The summed E-state index contributed by atoms with van der Waals surface area (Å²) in [5, 5.41) is 13.3. The molecule has 0 unspecified atom stereocenters. The first kappa shape index (κ1) is 10.9. The molecule has 7 heteroatoms.